The summed E-state index contributed by atoms with van der Waals surface area (Å²) >= 11 is 0. The van der Waals surface area contributed by atoms with Gasteiger partial charge >= 0.3 is 5.97 Å². The second-order valence-corrected chi connectivity index (χ2v) is 6.50. The number of imide groups is 1. The van der Waals surface area contributed by atoms with Gasteiger partial charge in [0.05, 0.1) is 6.42 Å². The normalized spacial score (nSPS) is 13.3. The Morgan fingerprint density at radius 3 is 2.52 bits per heavy atom. The lowest BCUT2D eigenvalue weighted by Crippen LogP contribution is -2.45. The molecule has 0 saturated carbocycles. The Morgan fingerprint density at radius 1 is 1.04 bits per heavy atom. The molecule has 2 aromatic carbocycles. The average molecular weight is 365 g/mol. The fraction of sp³-hybridized carbons (Fsp3) is 0.238. The van der Waals surface area contributed by atoms with Gasteiger partial charge in [-0.2, -0.15) is 0 Å². The molecule has 2 amide bonds. The summed E-state index contributed by atoms with van der Waals surface area (Å²) < 4.78 is 4.98. The molecule has 6 heteroatoms. The quantitative estimate of drug-likeness (QED) is 0.461. The van der Waals surface area contributed by atoms with Crippen molar-refractivity contribution in [3.8, 4) is 0 Å². The van der Waals surface area contributed by atoms with Gasteiger partial charge in [-0.15, -0.1) is 0 Å². The molecule has 3 rings (SSSR count). The number of amides is 2. The van der Waals surface area contributed by atoms with Gasteiger partial charge in [-0.05, 0) is 42.7 Å². The molecule has 0 aromatic heterocycles. The number of rotatable bonds is 5. The Kier molecular flexibility index (Phi) is 5.16. The maximum absolute atomic E-state index is 12.4. The van der Waals surface area contributed by atoms with Crippen molar-refractivity contribution in [3.05, 3.63) is 70.3 Å². The van der Waals surface area contributed by atoms with E-state index in [0.717, 1.165) is 16.0 Å². The molecular formula is C21H19NO5. The van der Waals surface area contributed by atoms with Crippen LogP contribution in [-0.4, -0.2) is 41.6 Å². The van der Waals surface area contributed by atoms with Crippen molar-refractivity contribution in [2.75, 3.05) is 13.2 Å². The van der Waals surface area contributed by atoms with Crippen molar-refractivity contribution in [2.45, 2.75) is 20.3 Å². The molecule has 0 unspecified atom stereocenters. The van der Waals surface area contributed by atoms with Crippen molar-refractivity contribution >= 4 is 23.6 Å². The summed E-state index contributed by atoms with van der Waals surface area (Å²) in [5.41, 5.74) is 3.52. The Balaban J connectivity index is 1.61. The Morgan fingerprint density at radius 2 is 1.78 bits per heavy atom. The van der Waals surface area contributed by atoms with E-state index in [2.05, 4.69) is 0 Å². The minimum atomic E-state index is -0.798. The predicted octanol–water partition coefficient (Wildman–Crippen LogP) is 2.25. The number of Topliss-reactive ketones (excluding diaryl/α,β-unsaturated/α-hetero) is 1. The number of fused-ring (bicyclic) bond motifs is 1. The summed E-state index contributed by atoms with van der Waals surface area (Å²) in [6.45, 7) is 2.89. The minimum absolute atomic E-state index is 0.0523. The zero-order valence-electron chi connectivity index (χ0n) is 15.2. The maximum atomic E-state index is 12.4. The first-order chi connectivity index (χ1) is 12.9. The second kappa shape index (κ2) is 7.53. The summed E-state index contributed by atoms with van der Waals surface area (Å²) in [4.78, 5) is 49.7. The molecular weight excluding hydrogens is 346 g/mol. The SMILES string of the molecule is Cc1ccc(C(=O)COC(=O)CN2C(=O)Cc3ccccc3C2=O)cc1C. The largest absolute Gasteiger partial charge is 0.456 e. The zero-order valence-corrected chi connectivity index (χ0v) is 15.2. The van der Waals surface area contributed by atoms with E-state index in [-0.39, 0.29) is 12.2 Å². The molecule has 2 aromatic rings. The third-order valence-electron chi connectivity index (χ3n) is 4.62. The first kappa shape index (κ1) is 18.5. The van der Waals surface area contributed by atoms with Gasteiger partial charge in [-0.3, -0.25) is 24.1 Å². The fourth-order valence-electron chi connectivity index (χ4n) is 2.88. The van der Waals surface area contributed by atoms with Crippen LogP contribution in [0.2, 0.25) is 0 Å². The highest BCUT2D eigenvalue weighted by Crippen LogP contribution is 2.19. The lowest BCUT2D eigenvalue weighted by molar-refractivity contribution is -0.146. The smallest absolute Gasteiger partial charge is 0.326 e. The van der Waals surface area contributed by atoms with E-state index in [1.54, 1.807) is 36.4 Å². The van der Waals surface area contributed by atoms with Crippen LogP contribution >= 0.6 is 0 Å². The van der Waals surface area contributed by atoms with Crippen LogP contribution in [-0.2, 0) is 20.7 Å². The topological polar surface area (TPSA) is 80.8 Å². The molecule has 0 aliphatic carbocycles. The number of ketones is 1. The summed E-state index contributed by atoms with van der Waals surface area (Å²) in [6, 6.07) is 12.0. The molecule has 27 heavy (non-hydrogen) atoms. The van der Waals surface area contributed by atoms with Crippen molar-refractivity contribution in [1.29, 1.82) is 0 Å². The molecule has 0 bridgehead atoms. The van der Waals surface area contributed by atoms with E-state index in [4.69, 9.17) is 4.74 Å². The number of hydrogen-bond acceptors (Lipinski definition) is 5. The third kappa shape index (κ3) is 3.95. The molecule has 6 nitrogen and oxygen atoms in total. The van der Waals surface area contributed by atoms with Gasteiger partial charge in [-0.1, -0.05) is 30.3 Å². The van der Waals surface area contributed by atoms with Gasteiger partial charge in [-0.25, -0.2) is 0 Å². The van der Waals surface area contributed by atoms with Crippen molar-refractivity contribution in [2.24, 2.45) is 0 Å². The molecule has 0 saturated heterocycles. The Bertz CT molecular complexity index is 947. The number of benzene rings is 2. The first-order valence-electron chi connectivity index (χ1n) is 8.55. The maximum Gasteiger partial charge on any atom is 0.326 e. The van der Waals surface area contributed by atoms with E-state index in [1.807, 2.05) is 19.9 Å². The minimum Gasteiger partial charge on any atom is -0.456 e. The number of carbonyl (C=O) groups is 4. The highest BCUT2D eigenvalue weighted by Gasteiger charge is 2.32. The lowest BCUT2D eigenvalue weighted by Gasteiger charge is -2.25. The molecule has 0 radical (unpaired) electrons. The monoisotopic (exact) mass is 365 g/mol. The van der Waals surface area contributed by atoms with Crippen LogP contribution in [0.4, 0.5) is 0 Å². The first-order valence-corrected chi connectivity index (χ1v) is 8.55. The van der Waals surface area contributed by atoms with E-state index in [0.29, 0.717) is 16.7 Å². The molecule has 138 valence electrons. The molecule has 1 heterocycles. The highest BCUT2D eigenvalue weighted by molar-refractivity contribution is 6.11. The van der Waals surface area contributed by atoms with Crippen molar-refractivity contribution in [3.63, 3.8) is 0 Å². The van der Waals surface area contributed by atoms with Crippen LogP contribution in [0.5, 0.6) is 0 Å². The predicted molar refractivity (Wildman–Crippen MR) is 97.4 cm³/mol. The number of nitrogens with zero attached hydrogens (tertiary/aromatic N) is 1. The van der Waals surface area contributed by atoms with Gasteiger partial charge in [0.1, 0.15) is 6.54 Å². The van der Waals surface area contributed by atoms with Crippen LogP contribution in [0, 0.1) is 13.8 Å². The molecule has 0 fully saturated rings. The Hall–Kier alpha value is -3.28. The van der Waals surface area contributed by atoms with Gasteiger partial charge in [0, 0.05) is 11.1 Å². The second-order valence-electron chi connectivity index (χ2n) is 6.50. The molecule has 1 aliphatic rings. The van der Waals surface area contributed by atoms with E-state index in [9.17, 15) is 19.2 Å². The lowest BCUT2D eigenvalue weighted by atomic mass is 9.98. The van der Waals surface area contributed by atoms with Crippen LogP contribution in [0.3, 0.4) is 0 Å². The summed E-state index contributed by atoms with van der Waals surface area (Å²) in [6.07, 6.45) is 0.0523. The van der Waals surface area contributed by atoms with E-state index < -0.39 is 30.9 Å². The van der Waals surface area contributed by atoms with Gasteiger partial charge in [0.25, 0.3) is 5.91 Å². The van der Waals surface area contributed by atoms with Crippen molar-refractivity contribution < 1.29 is 23.9 Å². The van der Waals surface area contributed by atoms with Crippen LogP contribution in [0.25, 0.3) is 0 Å². The standard InChI is InChI=1S/C21H19NO5/c1-13-7-8-16(9-14(13)2)18(23)12-27-20(25)11-22-19(24)10-15-5-3-4-6-17(15)21(22)26/h3-9H,10-12H2,1-2H3. The van der Waals surface area contributed by atoms with Crippen molar-refractivity contribution in [1.82, 2.24) is 4.90 Å². The van der Waals surface area contributed by atoms with Crippen LogP contribution < -0.4 is 0 Å². The number of hydrogen-bond donors (Lipinski definition) is 0. The van der Waals surface area contributed by atoms with Gasteiger partial charge < -0.3 is 4.74 Å². The Labute approximate surface area is 156 Å². The molecule has 0 N–H and O–H groups in total. The average Bonchev–Trinajstić information content (AvgIpc) is 2.65. The van der Waals surface area contributed by atoms with E-state index >= 15 is 0 Å². The number of ether oxygens (including phenoxy) is 1. The number of carbonyl (C=O) groups excluding carboxylic acids is 4. The number of esters is 1. The van der Waals surface area contributed by atoms with Crippen LogP contribution in [0.15, 0.2) is 42.5 Å². The molecule has 0 atom stereocenters. The fourth-order valence-corrected chi connectivity index (χ4v) is 2.88. The molecule has 0 spiro atoms. The van der Waals surface area contributed by atoms with Gasteiger partial charge in [0.2, 0.25) is 5.91 Å². The highest BCUT2D eigenvalue weighted by atomic mass is 16.5. The van der Waals surface area contributed by atoms with Gasteiger partial charge in [0.15, 0.2) is 12.4 Å². The molecule has 1 aliphatic heterocycles. The summed E-state index contributed by atoms with van der Waals surface area (Å²) in [5, 5.41) is 0. The van der Waals surface area contributed by atoms with Crippen LogP contribution in [0.1, 0.15) is 37.4 Å². The zero-order chi connectivity index (χ0) is 19.6. The third-order valence-corrected chi connectivity index (χ3v) is 4.62. The summed E-state index contributed by atoms with van der Waals surface area (Å²) in [7, 11) is 0. The van der Waals surface area contributed by atoms with E-state index in [1.165, 1.54) is 0 Å². The number of aryl methyl sites for hydroxylation is 2. The summed E-state index contributed by atoms with van der Waals surface area (Å²) in [5.74, 6) is -2.13.